The van der Waals surface area contributed by atoms with Gasteiger partial charge in [-0.1, -0.05) is 39.8 Å². The Hall–Kier alpha value is -2.83. The summed E-state index contributed by atoms with van der Waals surface area (Å²) in [7, 11) is 0. The number of amides is 1. The lowest BCUT2D eigenvalue weighted by Crippen LogP contribution is -2.38. The normalized spacial score (nSPS) is 13.5. The van der Waals surface area contributed by atoms with Gasteiger partial charge in [-0.3, -0.25) is 0 Å². The van der Waals surface area contributed by atoms with Crippen LogP contribution in [0.5, 0.6) is 0 Å². The van der Waals surface area contributed by atoms with E-state index in [4.69, 9.17) is 4.74 Å². The SMILES string of the molecule is CC.CC.CC(C)(C)OC(=O)N1CCc2nc3c[n+]([O-])c4ccccc4c3n2CC1. The second-order valence-electron chi connectivity index (χ2n) is 7.60. The van der Waals surface area contributed by atoms with Crippen LogP contribution in [-0.2, 0) is 17.7 Å². The molecule has 1 amide bonds. The van der Waals surface area contributed by atoms with Crippen LogP contribution in [0.25, 0.3) is 21.9 Å². The third-order valence-corrected chi connectivity index (χ3v) is 4.56. The molecule has 0 unspecified atom stereocenters. The summed E-state index contributed by atoms with van der Waals surface area (Å²) in [5, 5.41) is 13.1. The fourth-order valence-corrected chi connectivity index (χ4v) is 3.45. The Morgan fingerprint density at radius 1 is 1.10 bits per heavy atom. The zero-order chi connectivity index (χ0) is 22.5. The van der Waals surface area contributed by atoms with Gasteiger partial charge in [0.2, 0.25) is 11.7 Å². The zero-order valence-corrected chi connectivity index (χ0v) is 19.2. The standard InChI is InChI=1S/C19H22N4O3.2C2H6/c1-19(2,3)26-18(24)21-9-8-16-20-14-12-23(25)15-7-5-4-6-13(15)17(14)22(16)11-10-21;2*1-2/h4-7,12H,8-11H2,1-3H3;2*1-2H3. The van der Waals surface area contributed by atoms with Gasteiger partial charge in [-0.2, -0.15) is 4.73 Å². The summed E-state index contributed by atoms with van der Waals surface area (Å²) in [5.74, 6) is 0.891. The fourth-order valence-electron chi connectivity index (χ4n) is 3.45. The highest BCUT2D eigenvalue weighted by Crippen LogP contribution is 2.25. The maximum atomic E-state index is 12.4. The van der Waals surface area contributed by atoms with Crippen molar-refractivity contribution in [2.45, 2.75) is 67.0 Å². The highest BCUT2D eigenvalue weighted by atomic mass is 16.6. The van der Waals surface area contributed by atoms with Crippen LogP contribution in [0.1, 0.15) is 54.3 Å². The largest absolute Gasteiger partial charge is 0.618 e. The van der Waals surface area contributed by atoms with Crippen molar-refractivity contribution in [3.63, 3.8) is 0 Å². The van der Waals surface area contributed by atoms with Crippen LogP contribution < -0.4 is 4.73 Å². The summed E-state index contributed by atoms with van der Waals surface area (Å²) in [6, 6.07) is 7.53. The lowest BCUT2D eigenvalue weighted by atomic mass is 10.2. The van der Waals surface area contributed by atoms with E-state index in [2.05, 4.69) is 9.55 Å². The molecule has 1 aliphatic rings. The first-order chi connectivity index (χ1) is 14.3. The zero-order valence-electron chi connectivity index (χ0n) is 19.2. The van der Waals surface area contributed by atoms with E-state index in [1.807, 2.05) is 72.7 Å². The second kappa shape index (κ2) is 9.78. The van der Waals surface area contributed by atoms with E-state index >= 15 is 0 Å². The van der Waals surface area contributed by atoms with Crippen LogP contribution in [0.2, 0.25) is 0 Å². The van der Waals surface area contributed by atoms with Gasteiger partial charge >= 0.3 is 6.09 Å². The van der Waals surface area contributed by atoms with E-state index in [1.165, 1.54) is 6.20 Å². The molecule has 0 radical (unpaired) electrons. The van der Waals surface area contributed by atoms with Crippen LogP contribution in [0, 0.1) is 5.21 Å². The third kappa shape index (κ3) is 4.83. The lowest BCUT2D eigenvalue weighted by Gasteiger charge is -2.26. The molecule has 0 fully saturated rings. The first-order valence-corrected chi connectivity index (χ1v) is 10.8. The molecule has 0 saturated carbocycles. The average molecular weight is 415 g/mol. The molecule has 0 atom stereocenters. The van der Waals surface area contributed by atoms with Gasteiger partial charge in [-0.05, 0) is 26.8 Å². The predicted octanol–water partition coefficient (Wildman–Crippen LogP) is 4.67. The van der Waals surface area contributed by atoms with E-state index in [9.17, 15) is 10.0 Å². The van der Waals surface area contributed by atoms with Gasteiger partial charge in [-0.25, -0.2) is 9.78 Å². The van der Waals surface area contributed by atoms with E-state index in [0.717, 1.165) is 21.5 Å². The predicted molar refractivity (Wildman–Crippen MR) is 120 cm³/mol. The molecular formula is C23H34N4O3. The number of hydrogen-bond donors (Lipinski definition) is 0. The first kappa shape index (κ1) is 23.4. The summed E-state index contributed by atoms with van der Waals surface area (Å²) in [6.45, 7) is 15.3. The van der Waals surface area contributed by atoms with Crippen molar-refractivity contribution in [1.29, 1.82) is 0 Å². The number of hydrogen-bond acceptors (Lipinski definition) is 4. The molecule has 3 aromatic rings. The van der Waals surface area contributed by atoms with Crippen LogP contribution in [0.3, 0.4) is 0 Å². The minimum absolute atomic E-state index is 0.296. The number of carbonyl (C=O) groups is 1. The Morgan fingerprint density at radius 2 is 1.77 bits per heavy atom. The molecule has 4 rings (SSSR count). The second-order valence-corrected chi connectivity index (χ2v) is 7.60. The first-order valence-electron chi connectivity index (χ1n) is 10.8. The van der Waals surface area contributed by atoms with Gasteiger partial charge in [0.25, 0.3) is 0 Å². The molecule has 0 bridgehead atoms. The van der Waals surface area contributed by atoms with Crippen molar-refractivity contribution >= 4 is 28.0 Å². The molecule has 2 aromatic heterocycles. The van der Waals surface area contributed by atoms with E-state index in [-0.39, 0.29) is 6.09 Å². The Morgan fingerprint density at radius 3 is 2.43 bits per heavy atom. The molecule has 30 heavy (non-hydrogen) atoms. The van der Waals surface area contributed by atoms with Crippen LogP contribution in [0.4, 0.5) is 4.79 Å². The van der Waals surface area contributed by atoms with E-state index in [1.54, 1.807) is 4.90 Å². The Balaban J connectivity index is 0.000000757. The van der Waals surface area contributed by atoms with Crippen molar-refractivity contribution in [2.75, 3.05) is 13.1 Å². The van der Waals surface area contributed by atoms with Gasteiger partial charge in [0.15, 0.2) is 5.52 Å². The van der Waals surface area contributed by atoms with Gasteiger partial charge < -0.3 is 19.4 Å². The third-order valence-electron chi connectivity index (χ3n) is 4.56. The van der Waals surface area contributed by atoms with Crippen LogP contribution >= 0.6 is 0 Å². The highest BCUT2D eigenvalue weighted by Gasteiger charge is 2.26. The number of pyridine rings is 1. The Bertz CT molecular complexity index is 1010. The smallest absolute Gasteiger partial charge is 0.410 e. The number of carbonyl (C=O) groups excluding carboxylic acids is 1. The van der Waals surface area contributed by atoms with Crippen molar-refractivity contribution < 1.29 is 14.3 Å². The Kier molecular flexibility index (Phi) is 7.65. The molecule has 0 aliphatic carbocycles. The van der Waals surface area contributed by atoms with Gasteiger partial charge in [0.1, 0.15) is 11.4 Å². The summed E-state index contributed by atoms with van der Waals surface area (Å²) in [5.41, 5.74) is 1.76. The van der Waals surface area contributed by atoms with Crippen molar-refractivity contribution in [2.24, 2.45) is 0 Å². The molecule has 3 heterocycles. The molecule has 0 N–H and O–H groups in total. The van der Waals surface area contributed by atoms with E-state index < -0.39 is 5.60 Å². The number of benzene rings is 1. The topological polar surface area (TPSA) is 74.3 Å². The minimum atomic E-state index is -0.512. The number of rotatable bonds is 0. The van der Waals surface area contributed by atoms with Crippen molar-refractivity contribution in [3.05, 3.63) is 41.5 Å². The van der Waals surface area contributed by atoms with E-state index in [0.29, 0.717) is 37.1 Å². The number of aromatic nitrogens is 3. The number of nitrogens with zero attached hydrogens (tertiary/aromatic N) is 4. The van der Waals surface area contributed by atoms with Crippen molar-refractivity contribution in [3.8, 4) is 0 Å². The average Bonchev–Trinajstić information content (AvgIpc) is 2.93. The Labute approximate surface area is 178 Å². The summed E-state index contributed by atoms with van der Waals surface area (Å²) < 4.78 is 8.49. The van der Waals surface area contributed by atoms with Gasteiger partial charge in [0, 0.05) is 32.1 Å². The quantitative estimate of drug-likeness (QED) is 0.396. The lowest BCUT2D eigenvalue weighted by molar-refractivity contribution is -0.575. The minimum Gasteiger partial charge on any atom is -0.618 e. The van der Waals surface area contributed by atoms with Gasteiger partial charge in [0.05, 0.1) is 10.9 Å². The monoisotopic (exact) mass is 414 g/mol. The molecule has 1 aliphatic heterocycles. The summed E-state index contributed by atoms with van der Waals surface area (Å²) in [6.07, 6.45) is 1.86. The molecular weight excluding hydrogens is 380 g/mol. The van der Waals surface area contributed by atoms with Crippen LogP contribution in [-0.4, -0.2) is 39.2 Å². The molecule has 164 valence electrons. The number of ether oxygens (including phenoxy) is 1. The number of para-hydroxylation sites is 1. The number of fused-ring (bicyclic) bond motifs is 5. The number of imidazole rings is 1. The highest BCUT2D eigenvalue weighted by molar-refractivity contribution is 6.00. The molecule has 7 heteroatoms. The van der Waals surface area contributed by atoms with Crippen molar-refractivity contribution in [1.82, 2.24) is 14.5 Å². The molecule has 7 nitrogen and oxygen atoms in total. The molecule has 1 aromatic carbocycles. The molecule has 0 spiro atoms. The fraction of sp³-hybridized carbons (Fsp3) is 0.522. The summed E-state index contributed by atoms with van der Waals surface area (Å²) >= 11 is 0. The van der Waals surface area contributed by atoms with Gasteiger partial charge in [-0.15, -0.1) is 0 Å². The van der Waals surface area contributed by atoms with Crippen LogP contribution in [0.15, 0.2) is 30.5 Å². The molecule has 0 saturated heterocycles. The summed E-state index contributed by atoms with van der Waals surface area (Å²) in [4.78, 5) is 18.8. The maximum absolute atomic E-state index is 12.4. The maximum Gasteiger partial charge on any atom is 0.410 e.